The van der Waals surface area contributed by atoms with Gasteiger partial charge in [0.1, 0.15) is 15.4 Å². The monoisotopic (exact) mass is 614 g/mol. The van der Waals surface area contributed by atoms with E-state index in [-0.39, 0.29) is 31.9 Å². The third-order valence-electron chi connectivity index (χ3n) is 7.42. The number of halogens is 3. The van der Waals surface area contributed by atoms with Gasteiger partial charge in [-0.3, -0.25) is 14.3 Å². The van der Waals surface area contributed by atoms with E-state index in [2.05, 4.69) is 15.4 Å². The number of aromatic nitrogens is 4. The fraction of sp³-hybridized carbons (Fsp3) is 0.156. The highest BCUT2D eigenvalue weighted by atomic mass is 32.1. The molecule has 0 unspecified atom stereocenters. The highest BCUT2D eigenvalue weighted by Crippen LogP contribution is 2.44. The fourth-order valence-corrected chi connectivity index (χ4v) is 6.20. The zero-order chi connectivity index (χ0) is 31.3. The molecule has 4 heterocycles. The maximum atomic E-state index is 14.1. The number of carbonyl (C=O) groups is 2. The van der Waals surface area contributed by atoms with Crippen LogP contribution in [0.15, 0.2) is 66.9 Å². The van der Waals surface area contributed by atoms with Gasteiger partial charge in [0.25, 0.3) is 11.8 Å². The highest BCUT2D eigenvalue weighted by Gasteiger charge is 2.35. The van der Waals surface area contributed by atoms with Crippen LogP contribution in [0.2, 0.25) is 0 Å². The summed E-state index contributed by atoms with van der Waals surface area (Å²) < 4.78 is 43.6. The molecule has 8 nitrogen and oxygen atoms in total. The van der Waals surface area contributed by atoms with Gasteiger partial charge in [-0.1, -0.05) is 48.0 Å². The number of nitrogens with one attached hydrogen (secondary N) is 1. The van der Waals surface area contributed by atoms with Crippen LogP contribution in [0.3, 0.4) is 0 Å². The number of hydrogen-bond donors (Lipinski definition) is 2. The van der Waals surface area contributed by atoms with E-state index in [0.717, 1.165) is 22.9 Å². The maximum Gasteiger partial charge on any atom is 0.433 e. The van der Waals surface area contributed by atoms with Gasteiger partial charge in [-0.15, -0.1) is 11.3 Å². The SMILES string of the molecule is CCn1ncc(-c2cc(C(=O)Nc3c(C(N)=O)sc4nc(C(F)(F)F)cc(-c5ccc(C)cc5)c34)c3ccccc3n2)c1C. The summed E-state index contributed by atoms with van der Waals surface area (Å²) in [6.45, 7) is 6.39. The minimum atomic E-state index is -4.75. The summed E-state index contributed by atoms with van der Waals surface area (Å²) in [6, 6.07) is 16.6. The van der Waals surface area contributed by atoms with Gasteiger partial charge in [0, 0.05) is 28.6 Å². The number of anilines is 1. The summed E-state index contributed by atoms with van der Waals surface area (Å²) in [7, 11) is 0. The van der Waals surface area contributed by atoms with Gasteiger partial charge in [0.2, 0.25) is 0 Å². The Bertz CT molecular complexity index is 2100. The number of nitrogens with two attached hydrogens (primary N) is 1. The molecule has 0 saturated carbocycles. The molecule has 4 aromatic heterocycles. The summed E-state index contributed by atoms with van der Waals surface area (Å²) in [5, 5.41) is 7.95. The lowest BCUT2D eigenvalue weighted by molar-refractivity contribution is -0.140. The van der Waals surface area contributed by atoms with Crippen molar-refractivity contribution in [1.29, 1.82) is 0 Å². The van der Waals surface area contributed by atoms with Crippen molar-refractivity contribution in [2.24, 2.45) is 5.73 Å². The second-order valence-electron chi connectivity index (χ2n) is 10.3. The Labute approximate surface area is 253 Å². The van der Waals surface area contributed by atoms with Gasteiger partial charge in [-0.2, -0.15) is 18.3 Å². The number of pyridine rings is 2. The van der Waals surface area contributed by atoms with Crippen molar-refractivity contribution in [3.63, 3.8) is 0 Å². The number of fused-ring (bicyclic) bond motifs is 2. The lowest BCUT2D eigenvalue weighted by Gasteiger charge is -2.14. The maximum absolute atomic E-state index is 14.1. The van der Waals surface area contributed by atoms with E-state index >= 15 is 0 Å². The van der Waals surface area contributed by atoms with Gasteiger partial charge >= 0.3 is 6.18 Å². The van der Waals surface area contributed by atoms with Crippen LogP contribution in [0, 0.1) is 13.8 Å². The lowest BCUT2D eigenvalue weighted by Crippen LogP contribution is -2.17. The lowest BCUT2D eigenvalue weighted by atomic mass is 9.99. The predicted octanol–water partition coefficient (Wildman–Crippen LogP) is 7.38. The van der Waals surface area contributed by atoms with Crippen LogP contribution in [-0.2, 0) is 12.7 Å². The van der Waals surface area contributed by atoms with E-state index < -0.39 is 23.7 Å². The van der Waals surface area contributed by atoms with E-state index in [1.165, 1.54) is 0 Å². The highest BCUT2D eigenvalue weighted by molar-refractivity contribution is 7.21. The normalized spacial score (nSPS) is 11.8. The van der Waals surface area contributed by atoms with Crippen LogP contribution in [0.5, 0.6) is 0 Å². The van der Waals surface area contributed by atoms with Crippen LogP contribution in [0.1, 0.15) is 43.9 Å². The molecule has 12 heteroatoms. The quantitative estimate of drug-likeness (QED) is 0.203. The number of benzene rings is 2. The van der Waals surface area contributed by atoms with Gasteiger partial charge in [-0.25, -0.2) is 9.97 Å². The van der Waals surface area contributed by atoms with E-state index in [0.29, 0.717) is 40.0 Å². The Balaban J connectivity index is 1.56. The summed E-state index contributed by atoms with van der Waals surface area (Å²) in [5.74, 6) is -1.50. The Morgan fingerprint density at radius 1 is 1.00 bits per heavy atom. The predicted molar refractivity (Wildman–Crippen MR) is 165 cm³/mol. The van der Waals surface area contributed by atoms with Crippen molar-refractivity contribution in [2.75, 3.05) is 5.32 Å². The molecule has 222 valence electrons. The summed E-state index contributed by atoms with van der Waals surface area (Å²) >= 11 is 0.699. The first kappa shape index (κ1) is 29.0. The van der Waals surface area contributed by atoms with E-state index in [1.54, 1.807) is 60.8 Å². The smallest absolute Gasteiger partial charge is 0.365 e. The number of alkyl halides is 3. The molecule has 0 radical (unpaired) electrons. The number of nitrogens with zero attached hydrogens (tertiary/aromatic N) is 4. The van der Waals surface area contributed by atoms with Crippen molar-refractivity contribution >= 4 is 50.0 Å². The molecule has 2 amide bonds. The summed E-state index contributed by atoms with van der Waals surface area (Å²) in [4.78, 5) is 35.1. The molecule has 0 saturated heterocycles. The second-order valence-corrected chi connectivity index (χ2v) is 11.3. The average Bonchev–Trinajstić information content (AvgIpc) is 3.56. The molecule has 0 bridgehead atoms. The van der Waals surface area contributed by atoms with Crippen LogP contribution in [0.25, 0.3) is 43.5 Å². The largest absolute Gasteiger partial charge is 0.433 e. The van der Waals surface area contributed by atoms with Gasteiger partial charge in [0.15, 0.2) is 0 Å². The molecule has 44 heavy (non-hydrogen) atoms. The number of aryl methyl sites for hydroxylation is 2. The van der Waals surface area contributed by atoms with Crippen molar-refractivity contribution in [3.05, 3.63) is 94.3 Å². The Kier molecular flexibility index (Phi) is 7.16. The topological polar surface area (TPSA) is 116 Å². The Hall–Kier alpha value is -5.10. The average molecular weight is 615 g/mol. The van der Waals surface area contributed by atoms with E-state index in [9.17, 15) is 22.8 Å². The number of thiophene rings is 1. The number of rotatable bonds is 6. The zero-order valence-corrected chi connectivity index (χ0v) is 24.6. The Morgan fingerprint density at radius 3 is 2.39 bits per heavy atom. The van der Waals surface area contributed by atoms with Crippen LogP contribution >= 0.6 is 11.3 Å². The molecule has 0 aliphatic carbocycles. The third-order valence-corrected chi connectivity index (χ3v) is 8.52. The molecule has 6 rings (SSSR count). The molecule has 0 fully saturated rings. The molecule has 0 atom stereocenters. The minimum Gasteiger partial charge on any atom is -0.365 e. The van der Waals surface area contributed by atoms with Crippen molar-refractivity contribution in [3.8, 4) is 22.4 Å². The van der Waals surface area contributed by atoms with Gasteiger partial charge < -0.3 is 11.1 Å². The van der Waals surface area contributed by atoms with Crippen LogP contribution in [-0.4, -0.2) is 31.6 Å². The zero-order valence-electron chi connectivity index (χ0n) is 23.8. The summed E-state index contributed by atoms with van der Waals surface area (Å²) in [5.41, 5.74) is 9.04. The van der Waals surface area contributed by atoms with E-state index in [4.69, 9.17) is 10.7 Å². The Morgan fingerprint density at radius 2 is 1.73 bits per heavy atom. The third kappa shape index (κ3) is 5.06. The fourth-order valence-electron chi connectivity index (χ4n) is 5.20. The molecular weight excluding hydrogens is 589 g/mol. The molecule has 3 N–H and O–H groups in total. The number of carbonyl (C=O) groups excluding carboxylic acids is 2. The van der Waals surface area contributed by atoms with Crippen molar-refractivity contribution < 1.29 is 22.8 Å². The first-order chi connectivity index (χ1) is 21.0. The number of para-hydroxylation sites is 1. The molecule has 0 aliphatic heterocycles. The first-order valence-corrected chi connectivity index (χ1v) is 14.4. The number of hydrogen-bond acceptors (Lipinski definition) is 6. The minimum absolute atomic E-state index is 0.00303. The van der Waals surface area contributed by atoms with E-state index in [1.807, 2.05) is 25.5 Å². The van der Waals surface area contributed by atoms with Crippen LogP contribution < -0.4 is 11.1 Å². The van der Waals surface area contributed by atoms with Crippen molar-refractivity contribution in [2.45, 2.75) is 33.5 Å². The molecule has 0 aliphatic rings. The second kappa shape index (κ2) is 10.9. The first-order valence-electron chi connectivity index (χ1n) is 13.6. The molecular formula is C32H25F3N6O2S. The molecule has 2 aromatic carbocycles. The van der Waals surface area contributed by atoms with Crippen molar-refractivity contribution in [1.82, 2.24) is 19.7 Å². The standard InChI is InChI=1S/C32H25F3N6O2S/c1-4-41-17(3)22(15-37-41)24-13-21(19-7-5-6-8-23(19)38-24)30(43)40-27-26-20(18-11-9-16(2)10-12-18)14-25(32(33,34)35)39-31(26)44-28(27)29(36)42/h5-15H,4H2,1-3H3,(H2,36,42)(H,40,43). The van der Waals surface area contributed by atoms with Gasteiger partial charge in [-0.05, 0) is 50.1 Å². The number of amides is 2. The number of primary amides is 1. The van der Waals surface area contributed by atoms with Crippen LogP contribution in [0.4, 0.5) is 18.9 Å². The summed E-state index contributed by atoms with van der Waals surface area (Å²) in [6.07, 6.45) is -3.06. The molecule has 0 spiro atoms. The molecule has 6 aromatic rings. The van der Waals surface area contributed by atoms with Gasteiger partial charge in [0.05, 0.1) is 28.7 Å².